The number of nitrogens with zero attached hydrogens (tertiary/aromatic N) is 1. The summed E-state index contributed by atoms with van der Waals surface area (Å²) < 4.78 is 50.0. The van der Waals surface area contributed by atoms with E-state index in [-0.39, 0.29) is 5.92 Å². The summed E-state index contributed by atoms with van der Waals surface area (Å²) in [6.07, 6.45) is 0.469. The number of hydrogen-bond acceptors (Lipinski definition) is 4. The van der Waals surface area contributed by atoms with Gasteiger partial charge in [0, 0.05) is 17.0 Å². The molecule has 0 aromatic carbocycles. The second-order valence-corrected chi connectivity index (χ2v) is 8.10. The van der Waals surface area contributed by atoms with Gasteiger partial charge in [-0.1, -0.05) is 6.08 Å². The molecule has 0 radical (unpaired) electrons. The summed E-state index contributed by atoms with van der Waals surface area (Å²) in [5.74, 6) is -0.0439. The van der Waals surface area contributed by atoms with Crippen molar-refractivity contribution in [3.05, 3.63) is 27.6 Å². The van der Waals surface area contributed by atoms with E-state index in [1.165, 1.54) is 6.20 Å². The Bertz CT molecular complexity index is 623. The van der Waals surface area contributed by atoms with Crippen molar-refractivity contribution >= 4 is 18.5 Å². The van der Waals surface area contributed by atoms with E-state index in [1.807, 2.05) is 33.8 Å². The highest BCUT2D eigenvalue weighted by Crippen LogP contribution is 2.44. The average molecular weight is 345 g/mol. The molecule has 1 unspecified atom stereocenters. The van der Waals surface area contributed by atoms with Crippen LogP contribution in [0.4, 0.5) is 13.2 Å². The van der Waals surface area contributed by atoms with Gasteiger partial charge in [-0.05, 0) is 46.0 Å². The molecule has 2 aliphatic rings. The highest BCUT2D eigenvalue weighted by atomic mass is 32.1. The van der Waals surface area contributed by atoms with Crippen LogP contribution < -0.4 is 0 Å². The van der Waals surface area contributed by atoms with Crippen molar-refractivity contribution in [3.63, 3.8) is 0 Å². The van der Waals surface area contributed by atoms with Crippen LogP contribution in [0.1, 0.15) is 56.3 Å². The zero-order valence-corrected chi connectivity index (χ0v) is 14.3. The summed E-state index contributed by atoms with van der Waals surface area (Å²) in [7, 11) is -0.417. The van der Waals surface area contributed by atoms with E-state index in [1.54, 1.807) is 0 Å². The van der Waals surface area contributed by atoms with Gasteiger partial charge in [0.1, 0.15) is 0 Å². The predicted octanol–water partition coefficient (Wildman–Crippen LogP) is 4.60. The fraction of sp³-hybridized carbons (Fsp3) is 0.667. The van der Waals surface area contributed by atoms with E-state index in [2.05, 4.69) is 4.98 Å². The van der Waals surface area contributed by atoms with Crippen molar-refractivity contribution in [1.82, 2.24) is 4.98 Å². The second-order valence-electron chi connectivity index (χ2n) is 7.04. The fourth-order valence-corrected chi connectivity index (χ4v) is 3.64. The number of hydrogen-bond donors (Lipinski definition) is 0. The molecule has 1 aromatic rings. The zero-order valence-electron chi connectivity index (χ0n) is 13.5. The predicted molar refractivity (Wildman–Crippen MR) is 83.3 cm³/mol. The van der Waals surface area contributed by atoms with E-state index >= 15 is 0 Å². The van der Waals surface area contributed by atoms with Crippen molar-refractivity contribution < 1.29 is 22.5 Å². The summed E-state index contributed by atoms with van der Waals surface area (Å²) in [5.41, 5.74) is 0.185. The van der Waals surface area contributed by atoms with E-state index in [4.69, 9.17) is 9.31 Å². The molecule has 0 N–H and O–H groups in total. The minimum absolute atomic E-state index is 0.0439. The van der Waals surface area contributed by atoms with E-state index in [0.717, 1.165) is 29.7 Å². The minimum atomic E-state index is -4.38. The average Bonchev–Trinajstić information content (AvgIpc) is 3.08. The Hall–Kier alpha value is -0.855. The monoisotopic (exact) mass is 345 g/mol. The molecule has 0 saturated carbocycles. The van der Waals surface area contributed by atoms with Gasteiger partial charge in [-0.2, -0.15) is 13.2 Å². The van der Waals surface area contributed by atoms with Crippen LogP contribution >= 0.6 is 11.3 Å². The zero-order chi connectivity index (χ0) is 17.0. The van der Waals surface area contributed by atoms with Crippen LogP contribution in [-0.2, 0) is 15.5 Å². The molecule has 126 valence electrons. The molecule has 0 amide bonds. The van der Waals surface area contributed by atoms with Gasteiger partial charge < -0.3 is 9.31 Å². The maximum Gasteiger partial charge on any atom is 0.490 e. The maximum atomic E-state index is 12.7. The fourth-order valence-electron chi connectivity index (χ4n) is 2.75. The smallest absolute Gasteiger partial charge is 0.400 e. The van der Waals surface area contributed by atoms with Gasteiger partial charge in [0.15, 0.2) is 5.01 Å². The molecular weight excluding hydrogens is 326 g/mol. The van der Waals surface area contributed by atoms with E-state index in [9.17, 15) is 13.2 Å². The van der Waals surface area contributed by atoms with Crippen LogP contribution in [0.15, 0.2) is 17.7 Å². The molecule has 3 nitrogen and oxygen atoms in total. The molecule has 2 heterocycles. The van der Waals surface area contributed by atoms with Gasteiger partial charge in [-0.15, -0.1) is 11.3 Å². The van der Waals surface area contributed by atoms with E-state index < -0.39 is 29.5 Å². The molecule has 23 heavy (non-hydrogen) atoms. The summed E-state index contributed by atoms with van der Waals surface area (Å²) in [5, 5.41) is -0.787. The molecule has 1 aliphatic heterocycles. The normalized spacial score (nSPS) is 26.7. The van der Waals surface area contributed by atoms with Crippen LogP contribution in [0.5, 0.6) is 0 Å². The first-order chi connectivity index (χ1) is 10.5. The van der Waals surface area contributed by atoms with Crippen molar-refractivity contribution in [1.29, 1.82) is 0 Å². The number of allylic oxidation sites excluding steroid dienone is 2. The number of alkyl halides is 3. The summed E-state index contributed by atoms with van der Waals surface area (Å²) in [6.45, 7) is 7.94. The molecule has 1 saturated heterocycles. The minimum Gasteiger partial charge on any atom is -0.400 e. The Morgan fingerprint density at radius 3 is 2.35 bits per heavy atom. The second kappa shape index (κ2) is 5.32. The Labute approximate surface area is 138 Å². The molecule has 8 heteroatoms. The first-order valence-corrected chi connectivity index (χ1v) is 8.40. The SMILES string of the molecule is CC1(C)OB(C2=CC(c3cnc(C(F)(F)F)s3)CC2)OC1(C)C. The van der Waals surface area contributed by atoms with Crippen molar-refractivity contribution in [3.8, 4) is 0 Å². The van der Waals surface area contributed by atoms with Crippen LogP contribution in [0.25, 0.3) is 0 Å². The summed E-state index contributed by atoms with van der Waals surface area (Å²) >= 11 is 0.719. The van der Waals surface area contributed by atoms with Gasteiger partial charge in [0.25, 0.3) is 0 Å². The quantitative estimate of drug-likeness (QED) is 0.735. The third-order valence-electron chi connectivity index (χ3n) is 4.85. The first kappa shape index (κ1) is 17.0. The molecular formula is C15H19BF3NO2S. The Balaban J connectivity index is 1.76. The Morgan fingerprint density at radius 1 is 1.22 bits per heavy atom. The highest BCUT2D eigenvalue weighted by molar-refractivity contribution is 7.11. The maximum absolute atomic E-state index is 12.7. The largest absolute Gasteiger partial charge is 0.490 e. The standard InChI is InChI=1S/C15H19BF3NO2S/c1-13(2)14(3,4)22-16(21-13)10-6-5-9(7-10)11-8-20-12(23-11)15(17,18)19/h7-9H,5-6H2,1-4H3. The third kappa shape index (κ3) is 3.08. The molecule has 0 spiro atoms. The Kier molecular flexibility index (Phi) is 3.93. The summed E-state index contributed by atoms with van der Waals surface area (Å²) in [6, 6.07) is 0. The number of halogens is 3. The molecule has 3 rings (SSSR count). The lowest BCUT2D eigenvalue weighted by Crippen LogP contribution is -2.41. The van der Waals surface area contributed by atoms with Crippen molar-refractivity contribution in [2.45, 2.75) is 63.8 Å². The molecule has 1 atom stereocenters. The van der Waals surface area contributed by atoms with Gasteiger partial charge >= 0.3 is 13.3 Å². The van der Waals surface area contributed by atoms with Gasteiger partial charge in [0.05, 0.1) is 11.2 Å². The molecule has 0 bridgehead atoms. The van der Waals surface area contributed by atoms with E-state index in [0.29, 0.717) is 4.88 Å². The molecule has 1 aliphatic carbocycles. The first-order valence-electron chi connectivity index (χ1n) is 7.59. The van der Waals surface area contributed by atoms with Crippen molar-refractivity contribution in [2.75, 3.05) is 0 Å². The van der Waals surface area contributed by atoms with Gasteiger partial charge in [-0.3, -0.25) is 0 Å². The van der Waals surface area contributed by atoms with Gasteiger partial charge in [-0.25, -0.2) is 4.98 Å². The highest BCUT2D eigenvalue weighted by Gasteiger charge is 2.52. The third-order valence-corrected chi connectivity index (χ3v) is 6.02. The summed E-state index contributed by atoms with van der Waals surface area (Å²) in [4.78, 5) is 4.14. The molecule has 1 fully saturated rings. The lowest BCUT2D eigenvalue weighted by atomic mass is 9.78. The number of rotatable bonds is 2. The lowest BCUT2D eigenvalue weighted by molar-refractivity contribution is -0.137. The van der Waals surface area contributed by atoms with Crippen LogP contribution in [0.3, 0.4) is 0 Å². The Morgan fingerprint density at radius 2 is 1.83 bits per heavy atom. The van der Waals surface area contributed by atoms with Crippen LogP contribution in [0.2, 0.25) is 0 Å². The number of thiazole rings is 1. The van der Waals surface area contributed by atoms with Crippen LogP contribution in [-0.4, -0.2) is 23.3 Å². The molecule has 1 aromatic heterocycles. The topological polar surface area (TPSA) is 31.4 Å². The lowest BCUT2D eigenvalue weighted by Gasteiger charge is -2.32. The number of aromatic nitrogens is 1. The van der Waals surface area contributed by atoms with Crippen LogP contribution in [0, 0.1) is 0 Å². The van der Waals surface area contributed by atoms with Crippen molar-refractivity contribution in [2.24, 2.45) is 0 Å². The van der Waals surface area contributed by atoms with Gasteiger partial charge in [0.2, 0.25) is 0 Å².